The zero-order valence-electron chi connectivity index (χ0n) is 11.3. The molecule has 0 atom stereocenters. The Labute approximate surface area is 131 Å². The van der Waals surface area contributed by atoms with E-state index >= 15 is 0 Å². The number of hydrogen-bond donors (Lipinski definition) is 0. The maximum Gasteiger partial charge on any atom is 0.164 e. The fourth-order valence-electron chi connectivity index (χ4n) is 2.29. The largest absolute Gasteiger partial charge is 0.281 e. The van der Waals surface area contributed by atoms with E-state index in [1.165, 1.54) is 6.07 Å². The van der Waals surface area contributed by atoms with Crippen molar-refractivity contribution in [1.82, 2.24) is 14.5 Å². The highest BCUT2D eigenvalue weighted by molar-refractivity contribution is 6.30. The Morgan fingerprint density at radius 2 is 2.10 bits per heavy atom. The Bertz CT molecular complexity index is 814. The number of pyridine rings is 1. The minimum atomic E-state index is -0.451. The number of rotatable bonds is 3. The lowest BCUT2D eigenvalue weighted by Gasteiger charge is -2.08. The summed E-state index contributed by atoms with van der Waals surface area (Å²) in [6, 6.07) is 6.47. The first kappa shape index (κ1) is 14.3. The zero-order chi connectivity index (χ0) is 15.0. The van der Waals surface area contributed by atoms with Crippen LogP contribution in [0.2, 0.25) is 5.02 Å². The lowest BCUT2D eigenvalue weighted by Crippen LogP contribution is -2.03. The molecule has 0 unspecified atom stereocenters. The van der Waals surface area contributed by atoms with Gasteiger partial charge in [0.2, 0.25) is 0 Å². The van der Waals surface area contributed by atoms with Crippen LogP contribution in [-0.2, 0) is 6.42 Å². The van der Waals surface area contributed by atoms with E-state index in [9.17, 15) is 4.39 Å². The van der Waals surface area contributed by atoms with Crippen molar-refractivity contribution >= 4 is 34.4 Å². The average Bonchev–Trinajstić information content (AvgIpc) is 2.82. The smallest absolute Gasteiger partial charge is 0.164 e. The highest BCUT2D eigenvalue weighted by Crippen LogP contribution is 2.25. The number of fused-ring (bicyclic) bond motifs is 1. The molecule has 2 heterocycles. The van der Waals surface area contributed by atoms with Gasteiger partial charge in [-0.05, 0) is 36.8 Å². The number of halogens is 3. The SMILES string of the molecule is Cc1ccnc2c1nc(CCCl)n2-c1ccc(F)c(Cl)c1. The molecule has 3 nitrogen and oxygen atoms in total. The molecule has 0 bridgehead atoms. The molecule has 0 spiro atoms. The predicted octanol–water partition coefficient (Wildman–Crippen LogP) is 4.30. The number of hydrogen-bond acceptors (Lipinski definition) is 2. The molecule has 3 aromatic rings. The van der Waals surface area contributed by atoms with Gasteiger partial charge in [-0.25, -0.2) is 14.4 Å². The van der Waals surface area contributed by atoms with Crippen LogP contribution in [0.3, 0.4) is 0 Å². The van der Waals surface area contributed by atoms with E-state index in [1.807, 2.05) is 17.6 Å². The van der Waals surface area contributed by atoms with Crippen LogP contribution in [0.5, 0.6) is 0 Å². The Kier molecular flexibility index (Phi) is 3.83. The van der Waals surface area contributed by atoms with Crippen LogP contribution >= 0.6 is 23.2 Å². The molecule has 108 valence electrons. The van der Waals surface area contributed by atoms with Gasteiger partial charge in [0.25, 0.3) is 0 Å². The summed E-state index contributed by atoms with van der Waals surface area (Å²) in [5, 5.41) is 0.0684. The van der Waals surface area contributed by atoms with E-state index < -0.39 is 5.82 Å². The van der Waals surface area contributed by atoms with Gasteiger partial charge in [-0.2, -0.15) is 0 Å². The van der Waals surface area contributed by atoms with E-state index in [4.69, 9.17) is 23.2 Å². The van der Waals surface area contributed by atoms with Crippen LogP contribution in [0.15, 0.2) is 30.5 Å². The molecule has 0 radical (unpaired) electrons. The minimum absolute atomic E-state index is 0.0684. The van der Waals surface area contributed by atoms with E-state index in [-0.39, 0.29) is 5.02 Å². The summed E-state index contributed by atoms with van der Waals surface area (Å²) >= 11 is 11.7. The van der Waals surface area contributed by atoms with Crippen LogP contribution in [0.25, 0.3) is 16.9 Å². The van der Waals surface area contributed by atoms with Crippen LogP contribution in [-0.4, -0.2) is 20.4 Å². The standard InChI is InChI=1S/C15H12Cl2FN3/c1-9-5-7-19-15-14(9)20-13(4-6-16)21(15)10-2-3-12(18)11(17)8-10/h2-3,5,7-8H,4,6H2,1H3. The van der Waals surface area contributed by atoms with Crippen LogP contribution in [0, 0.1) is 12.7 Å². The van der Waals surface area contributed by atoms with Gasteiger partial charge in [-0.3, -0.25) is 4.57 Å². The molecule has 0 aliphatic rings. The van der Waals surface area contributed by atoms with Crippen molar-refractivity contribution in [2.45, 2.75) is 13.3 Å². The van der Waals surface area contributed by atoms with Crippen molar-refractivity contribution in [2.75, 3.05) is 5.88 Å². The van der Waals surface area contributed by atoms with Gasteiger partial charge in [0.15, 0.2) is 5.65 Å². The quantitative estimate of drug-likeness (QED) is 0.673. The normalized spacial score (nSPS) is 11.2. The van der Waals surface area contributed by atoms with E-state index in [0.29, 0.717) is 12.3 Å². The number of nitrogens with zero attached hydrogens (tertiary/aromatic N) is 3. The van der Waals surface area contributed by atoms with Crippen molar-refractivity contribution in [2.24, 2.45) is 0 Å². The van der Waals surface area contributed by atoms with Crippen LogP contribution < -0.4 is 0 Å². The van der Waals surface area contributed by atoms with Gasteiger partial charge in [-0.15, -0.1) is 11.6 Å². The second-order valence-electron chi connectivity index (χ2n) is 4.70. The average molecular weight is 324 g/mol. The fourth-order valence-corrected chi connectivity index (χ4v) is 2.63. The van der Waals surface area contributed by atoms with E-state index in [1.54, 1.807) is 18.3 Å². The first-order valence-electron chi connectivity index (χ1n) is 6.46. The van der Waals surface area contributed by atoms with Crippen molar-refractivity contribution in [3.05, 3.63) is 52.7 Å². The molecule has 0 fully saturated rings. The molecular formula is C15H12Cl2FN3. The highest BCUT2D eigenvalue weighted by atomic mass is 35.5. The second-order valence-corrected chi connectivity index (χ2v) is 5.49. The Hall–Kier alpha value is -1.65. The topological polar surface area (TPSA) is 30.7 Å². The Morgan fingerprint density at radius 1 is 1.29 bits per heavy atom. The lowest BCUT2D eigenvalue weighted by molar-refractivity contribution is 0.627. The third-order valence-electron chi connectivity index (χ3n) is 3.30. The molecule has 2 aromatic heterocycles. The highest BCUT2D eigenvalue weighted by Gasteiger charge is 2.15. The third kappa shape index (κ3) is 2.49. The number of imidazole rings is 1. The molecule has 0 saturated carbocycles. The molecule has 21 heavy (non-hydrogen) atoms. The molecule has 1 aromatic carbocycles. The summed E-state index contributed by atoms with van der Waals surface area (Å²) in [4.78, 5) is 9.00. The Morgan fingerprint density at radius 3 is 2.81 bits per heavy atom. The summed E-state index contributed by atoms with van der Waals surface area (Å²) in [6.45, 7) is 1.98. The van der Waals surface area contributed by atoms with Gasteiger partial charge in [0.1, 0.15) is 17.2 Å². The zero-order valence-corrected chi connectivity index (χ0v) is 12.8. The van der Waals surface area contributed by atoms with Crippen molar-refractivity contribution in [3.63, 3.8) is 0 Å². The summed E-state index contributed by atoms with van der Waals surface area (Å²) in [7, 11) is 0. The minimum Gasteiger partial charge on any atom is -0.281 e. The molecule has 3 rings (SSSR count). The molecule has 0 aliphatic carbocycles. The van der Waals surface area contributed by atoms with Crippen molar-refractivity contribution in [3.8, 4) is 5.69 Å². The van der Waals surface area contributed by atoms with E-state index in [2.05, 4.69) is 9.97 Å². The maximum atomic E-state index is 13.4. The summed E-state index contributed by atoms with van der Waals surface area (Å²) in [5.74, 6) is 0.773. The second kappa shape index (κ2) is 5.62. The number of alkyl halides is 1. The van der Waals surface area contributed by atoms with Gasteiger partial charge in [-0.1, -0.05) is 11.6 Å². The first-order valence-corrected chi connectivity index (χ1v) is 7.37. The van der Waals surface area contributed by atoms with Gasteiger partial charge < -0.3 is 0 Å². The molecular weight excluding hydrogens is 312 g/mol. The maximum absolute atomic E-state index is 13.4. The van der Waals surface area contributed by atoms with Gasteiger partial charge in [0, 0.05) is 18.5 Å². The van der Waals surface area contributed by atoms with Crippen LogP contribution in [0.1, 0.15) is 11.4 Å². The third-order valence-corrected chi connectivity index (χ3v) is 3.78. The molecule has 0 saturated heterocycles. The molecule has 6 heteroatoms. The monoisotopic (exact) mass is 323 g/mol. The predicted molar refractivity (Wildman–Crippen MR) is 83.0 cm³/mol. The Balaban J connectivity index is 2.30. The summed E-state index contributed by atoms with van der Waals surface area (Å²) in [5.41, 5.74) is 3.29. The number of aryl methyl sites for hydroxylation is 2. The van der Waals surface area contributed by atoms with E-state index in [0.717, 1.165) is 28.2 Å². The molecule has 0 aliphatic heterocycles. The summed E-state index contributed by atoms with van der Waals surface area (Å²) in [6.07, 6.45) is 2.32. The van der Waals surface area contributed by atoms with Crippen molar-refractivity contribution in [1.29, 1.82) is 0 Å². The first-order chi connectivity index (χ1) is 10.1. The molecule has 0 N–H and O–H groups in total. The number of benzene rings is 1. The fraction of sp³-hybridized carbons (Fsp3) is 0.200. The van der Waals surface area contributed by atoms with Gasteiger partial charge in [0.05, 0.1) is 10.7 Å². The summed E-state index contributed by atoms with van der Waals surface area (Å²) < 4.78 is 15.2. The van der Waals surface area contributed by atoms with Crippen molar-refractivity contribution < 1.29 is 4.39 Å². The van der Waals surface area contributed by atoms with Crippen LogP contribution in [0.4, 0.5) is 4.39 Å². The van der Waals surface area contributed by atoms with Gasteiger partial charge >= 0.3 is 0 Å². The lowest BCUT2D eigenvalue weighted by atomic mass is 10.2. The number of aromatic nitrogens is 3. The molecule has 0 amide bonds.